The van der Waals surface area contributed by atoms with Gasteiger partial charge in [0.25, 0.3) is 0 Å². The average Bonchev–Trinajstić information content (AvgIpc) is 2.75. The fraction of sp³-hybridized carbons (Fsp3) is 0.308. The molecule has 30 heavy (non-hydrogen) atoms. The van der Waals surface area contributed by atoms with Gasteiger partial charge in [-0.3, -0.25) is 0 Å². The number of benzene rings is 3. The molecule has 1 atom stereocenters. The summed E-state index contributed by atoms with van der Waals surface area (Å²) in [5.74, 6) is 1.29. The van der Waals surface area contributed by atoms with E-state index >= 15 is 0 Å². The van der Waals surface area contributed by atoms with Gasteiger partial charge in [-0.15, -0.1) is 0 Å². The summed E-state index contributed by atoms with van der Waals surface area (Å²) in [7, 11) is 1.63. The third-order valence-corrected chi connectivity index (χ3v) is 5.45. The topological polar surface area (TPSA) is 50.7 Å². The fourth-order valence-electron chi connectivity index (χ4n) is 3.33. The molecule has 3 aromatic carbocycles. The predicted molar refractivity (Wildman–Crippen MR) is 121 cm³/mol. The number of aliphatic hydroxyl groups is 1. The van der Waals surface area contributed by atoms with Crippen molar-refractivity contribution in [2.45, 2.75) is 40.0 Å². The van der Waals surface area contributed by atoms with Crippen LogP contribution in [0.4, 0.5) is 0 Å². The first-order chi connectivity index (χ1) is 14.5. The van der Waals surface area contributed by atoms with E-state index in [9.17, 15) is 5.11 Å². The van der Waals surface area contributed by atoms with Gasteiger partial charge in [-0.05, 0) is 66.3 Å². The zero-order valence-corrected chi connectivity index (χ0v) is 18.2. The van der Waals surface area contributed by atoms with E-state index in [1.54, 1.807) is 7.11 Å². The summed E-state index contributed by atoms with van der Waals surface area (Å²) in [5.41, 5.74) is 6.92. The Kier molecular flexibility index (Phi) is 7.50. The summed E-state index contributed by atoms with van der Waals surface area (Å²) in [6, 6.07) is 20.2. The zero-order valence-electron chi connectivity index (χ0n) is 18.2. The number of nitrogens with one attached hydrogen (secondary N) is 1. The first-order valence-electron chi connectivity index (χ1n) is 10.3. The van der Waals surface area contributed by atoms with Crippen LogP contribution in [0.25, 0.3) is 0 Å². The van der Waals surface area contributed by atoms with Gasteiger partial charge in [0.2, 0.25) is 0 Å². The Balaban J connectivity index is 1.58. The molecule has 0 aromatic heterocycles. The van der Waals surface area contributed by atoms with Gasteiger partial charge < -0.3 is 19.9 Å². The highest BCUT2D eigenvalue weighted by molar-refractivity contribution is 5.43. The molecule has 0 aliphatic heterocycles. The normalized spacial score (nSPS) is 11.9. The SMILES string of the molecule is COc1cc(CNCc2ccccc2C)ccc1OC[C@@H](O)c1ccc(C)c(C)c1. The number of rotatable bonds is 9. The summed E-state index contributed by atoms with van der Waals surface area (Å²) in [6.45, 7) is 7.94. The van der Waals surface area contributed by atoms with Crippen molar-refractivity contribution in [2.24, 2.45) is 0 Å². The van der Waals surface area contributed by atoms with Crippen LogP contribution in [0.3, 0.4) is 0 Å². The van der Waals surface area contributed by atoms with Crippen molar-refractivity contribution < 1.29 is 14.6 Å². The molecule has 3 rings (SSSR count). The lowest BCUT2D eigenvalue weighted by molar-refractivity contribution is 0.106. The smallest absolute Gasteiger partial charge is 0.161 e. The monoisotopic (exact) mass is 405 g/mol. The quantitative estimate of drug-likeness (QED) is 0.525. The molecule has 0 fully saturated rings. The van der Waals surface area contributed by atoms with Crippen LogP contribution in [-0.4, -0.2) is 18.8 Å². The Morgan fingerprint density at radius 3 is 2.37 bits per heavy atom. The molecule has 0 bridgehead atoms. The van der Waals surface area contributed by atoms with Crippen LogP contribution in [0.5, 0.6) is 11.5 Å². The number of aryl methyl sites for hydroxylation is 3. The molecule has 4 nitrogen and oxygen atoms in total. The Bertz CT molecular complexity index is 984. The molecule has 0 saturated heterocycles. The first-order valence-corrected chi connectivity index (χ1v) is 10.3. The van der Waals surface area contributed by atoms with E-state index in [4.69, 9.17) is 9.47 Å². The van der Waals surface area contributed by atoms with Crippen LogP contribution < -0.4 is 14.8 Å². The van der Waals surface area contributed by atoms with Crippen LogP contribution in [0, 0.1) is 20.8 Å². The van der Waals surface area contributed by atoms with Crippen molar-refractivity contribution in [3.63, 3.8) is 0 Å². The maximum absolute atomic E-state index is 10.5. The van der Waals surface area contributed by atoms with Crippen molar-refractivity contribution in [1.29, 1.82) is 0 Å². The van der Waals surface area contributed by atoms with Crippen molar-refractivity contribution in [3.05, 3.63) is 94.0 Å². The Hall–Kier alpha value is -2.82. The summed E-state index contributed by atoms with van der Waals surface area (Å²) >= 11 is 0. The lowest BCUT2D eigenvalue weighted by atomic mass is 10.0. The van der Waals surface area contributed by atoms with Gasteiger partial charge in [0.1, 0.15) is 12.7 Å². The van der Waals surface area contributed by atoms with Gasteiger partial charge in [0.05, 0.1) is 7.11 Å². The maximum atomic E-state index is 10.5. The van der Waals surface area contributed by atoms with E-state index in [1.807, 2.05) is 43.3 Å². The third kappa shape index (κ3) is 5.62. The second-order valence-corrected chi connectivity index (χ2v) is 7.69. The van der Waals surface area contributed by atoms with Gasteiger partial charge in [-0.25, -0.2) is 0 Å². The second kappa shape index (κ2) is 10.3. The Morgan fingerprint density at radius 1 is 0.833 bits per heavy atom. The lowest BCUT2D eigenvalue weighted by Crippen LogP contribution is -2.14. The van der Waals surface area contributed by atoms with E-state index in [2.05, 4.69) is 43.4 Å². The molecular weight excluding hydrogens is 374 g/mol. The number of aliphatic hydroxyl groups excluding tert-OH is 1. The van der Waals surface area contributed by atoms with E-state index in [0.29, 0.717) is 11.5 Å². The highest BCUT2D eigenvalue weighted by atomic mass is 16.5. The number of hydrogen-bond donors (Lipinski definition) is 2. The molecular formula is C26H31NO3. The Labute approximate surface area is 179 Å². The number of methoxy groups -OCH3 is 1. The van der Waals surface area contributed by atoms with E-state index in [0.717, 1.165) is 29.8 Å². The molecule has 0 heterocycles. The summed E-state index contributed by atoms with van der Waals surface area (Å²) in [6.07, 6.45) is -0.690. The minimum atomic E-state index is -0.690. The maximum Gasteiger partial charge on any atom is 0.161 e. The van der Waals surface area contributed by atoms with Gasteiger partial charge in [0, 0.05) is 13.1 Å². The minimum absolute atomic E-state index is 0.170. The molecule has 3 aromatic rings. The molecule has 0 aliphatic rings. The van der Waals surface area contributed by atoms with Crippen LogP contribution in [0.15, 0.2) is 60.7 Å². The molecule has 158 valence electrons. The van der Waals surface area contributed by atoms with E-state index in [-0.39, 0.29) is 6.61 Å². The van der Waals surface area contributed by atoms with E-state index < -0.39 is 6.10 Å². The summed E-state index contributed by atoms with van der Waals surface area (Å²) < 4.78 is 11.4. The van der Waals surface area contributed by atoms with Crippen LogP contribution in [-0.2, 0) is 13.1 Å². The van der Waals surface area contributed by atoms with Gasteiger partial charge in [-0.1, -0.05) is 48.5 Å². The van der Waals surface area contributed by atoms with Crippen LogP contribution >= 0.6 is 0 Å². The molecule has 0 saturated carbocycles. The third-order valence-electron chi connectivity index (χ3n) is 5.45. The highest BCUT2D eigenvalue weighted by Gasteiger charge is 2.12. The fourth-order valence-corrected chi connectivity index (χ4v) is 3.33. The second-order valence-electron chi connectivity index (χ2n) is 7.69. The van der Waals surface area contributed by atoms with E-state index in [1.165, 1.54) is 16.7 Å². The molecule has 0 unspecified atom stereocenters. The van der Waals surface area contributed by atoms with Crippen LogP contribution in [0.2, 0.25) is 0 Å². The zero-order chi connectivity index (χ0) is 21.5. The van der Waals surface area contributed by atoms with Gasteiger partial charge >= 0.3 is 0 Å². The lowest BCUT2D eigenvalue weighted by Gasteiger charge is -2.16. The summed E-state index contributed by atoms with van der Waals surface area (Å²) in [4.78, 5) is 0. The Morgan fingerprint density at radius 2 is 1.63 bits per heavy atom. The molecule has 0 aliphatic carbocycles. The van der Waals surface area contributed by atoms with Crippen molar-refractivity contribution in [1.82, 2.24) is 5.32 Å². The molecule has 4 heteroatoms. The van der Waals surface area contributed by atoms with Crippen molar-refractivity contribution >= 4 is 0 Å². The minimum Gasteiger partial charge on any atom is -0.493 e. The average molecular weight is 406 g/mol. The molecule has 0 radical (unpaired) electrons. The number of ether oxygens (including phenoxy) is 2. The van der Waals surface area contributed by atoms with Gasteiger partial charge in [0.15, 0.2) is 11.5 Å². The summed E-state index contributed by atoms with van der Waals surface area (Å²) in [5, 5.41) is 14.0. The standard InChI is InChI=1S/C26H31NO3/c1-18-9-11-22(13-20(18)3)24(28)17-30-25-12-10-21(14-26(25)29-4)15-27-16-23-8-6-5-7-19(23)2/h5-14,24,27-28H,15-17H2,1-4H3/t24-/m1/s1. The predicted octanol–water partition coefficient (Wildman–Crippen LogP) is 5.02. The van der Waals surface area contributed by atoms with Gasteiger partial charge in [-0.2, -0.15) is 0 Å². The largest absolute Gasteiger partial charge is 0.493 e. The first kappa shape index (κ1) is 21.9. The number of hydrogen-bond acceptors (Lipinski definition) is 4. The highest BCUT2D eigenvalue weighted by Crippen LogP contribution is 2.29. The molecule has 0 spiro atoms. The molecule has 0 amide bonds. The molecule has 2 N–H and O–H groups in total. The van der Waals surface area contributed by atoms with Crippen molar-refractivity contribution in [3.8, 4) is 11.5 Å². The van der Waals surface area contributed by atoms with Crippen LogP contribution in [0.1, 0.15) is 39.5 Å². The van der Waals surface area contributed by atoms with Crippen molar-refractivity contribution in [2.75, 3.05) is 13.7 Å².